The lowest BCUT2D eigenvalue weighted by molar-refractivity contribution is 0.0698. The second-order valence-electron chi connectivity index (χ2n) is 4.34. The number of carboxylic acid groups (broad SMARTS) is 1. The lowest BCUT2D eigenvalue weighted by Gasteiger charge is -2.10. The van der Waals surface area contributed by atoms with Crippen LogP contribution in [0.25, 0.3) is 0 Å². The van der Waals surface area contributed by atoms with E-state index in [0.29, 0.717) is 17.3 Å². The molecule has 0 amide bonds. The van der Waals surface area contributed by atoms with Gasteiger partial charge in [-0.15, -0.1) is 0 Å². The van der Waals surface area contributed by atoms with Crippen molar-refractivity contribution >= 4 is 23.3 Å². The summed E-state index contributed by atoms with van der Waals surface area (Å²) in [5, 5.41) is 12.7. The van der Waals surface area contributed by atoms with Gasteiger partial charge in [0.05, 0.1) is 11.3 Å². The van der Waals surface area contributed by atoms with E-state index >= 15 is 0 Å². The van der Waals surface area contributed by atoms with Crippen LogP contribution in [0.2, 0.25) is 5.02 Å². The summed E-state index contributed by atoms with van der Waals surface area (Å²) in [4.78, 5) is 11.1. The van der Waals surface area contributed by atoms with Gasteiger partial charge in [-0.1, -0.05) is 41.4 Å². The number of hydrogen-bond acceptors (Lipinski definition) is 2. The number of hydrogen-bond donors (Lipinski definition) is 2. The average molecular weight is 276 g/mol. The minimum absolute atomic E-state index is 0.219. The standard InChI is InChI=1S/C15H14ClNO2/c1-10-3-2-4-11(7-10)9-17-14-8-12(16)5-6-13(14)15(18)19/h2-8,17H,9H2,1H3,(H,18,19). The predicted octanol–water partition coefficient (Wildman–Crippen LogP) is 3.96. The Morgan fingerprint density at radius 1 is 1.26 bits per heavy atom. The Morgan fingerprint density at radius 3 is 2.74 bits per heavy atom. The fourth-order valence-electron chi connectivity index (χ4n) is 1.87. The fraction of sp³-hybridized carbons (Fsp3) is 0.133. The zero-order valence-corrected chi connectivity index (χ0v) is 11.2. The van der Waals surface area contributed by atoms with Crippen molar-refractivity contribution in [2.24, 2.45) is 0 Å². The van der Waals surface area contributed by atoms with E-state index in [4.69, 9.17) is 16.7 Å². The minimum atomic E-state index is -0.969. The quantitative estimate of drug-likeness (QED) is 0.888. The van der Waals surface area contributed by atoms with Gasteiger partial charge in [-0.3, -0.25) is 0 Å². The third kappa shape index (κ3) is 3.48. The molecule has 2 rings (SSSR count). The highest BCUT2D eigenvalue weighted by molar-refractivity contribution is 6.31. The number of nitrogens with one attached hydrogen (secondary N) is 1. The smallest absolute Gasteiger partial charge is 0.337 e. The molecule has 0 fully saturated rings. The molecule has 0 aliphatic rings. The second-order valence-corrected chi connectivity index (χ2v) is 4.77. The molecule has 0 aliphatic heterocycles. The van der Waals surface area contributed by atoms with Gasteiger partial charge in [-0.25, -0.2) is 4.79 Å². The van der Waals surface area contributed by atoms with Crippen LogP contribution in [-0.4, -0.2) is 11.1 Å². The fourth-order valence-corrected chi connectivity index (χ4v) is 2.04. The van der Waals surface area contributed by atoms with Crippen LogP contribution in [0.5, 0.6) is 0 Å². The molecule has 2 N–H and O–H groups in total. The number of carboxylic acids is 1. The Kier molecular flexibility index (Phi) is 4.07. The maximum atomic E-state index is 11.1. The van der Waals surface area contributed by atoms with E-state index in [0.717, 1.165) is 5.56 Å². The molecule has 2 aromatic carbocycles. The molecule has 0 heterocycles. The largest absolute Gasteiger partial charge is 0.478 e. The summed E-state index contributed by atoms with van der Waals surface area (Å²) < 4.78 is 0. The molecule has 3 nitrogen and oxygen atoms in total. The summed E-state index contributed by atoms with van der Waals surface area (Å²) in [7, 11) is 0. The molecule has 19 heavy (non-hydrogen) atoms. The van der Waals surface area contributed by atoms with E-state index in [1.54, 1.807) is 12.1 Å². The molecule has 0 radical (unpaired) electrons. The van der Waals surface area contributed by atoms with Crippen molar-refractivity contribution in [3.8, 4) is 0 Å². The molecule has 0 saturated carbocycles. The van der Waals surface area contributed by atoms with Crippen LogP contribution in [0.3, 0.4) is 0 Å². The van der Waals surface area contributed by atoms with Gasteiger partial charge in [0, 0.05) is 11.6 Å². The number of halogens is 1. The molecular formula is C15H14ClNO2. The van der Waals surface area contributed by atoms with Crippen LogP contribution in [-0.2, 0) is 6.54 Å². The topological polar surface area (TPSA) is 49.3 Å². The first-order valence-electron chi connectivity index (χ1n) is 5.88. The SMILES string of the molecule is Cc1cccc(CNc2cc(Cl)ccc2C(=O)O)c1. The number of aryl methyl sites for hydroxylation is 1. The Bertz CT molecular complexity index is 611. The number of carbonyl (C=O) groups is 1. The molecule has 0 aromatic heterocycles. The summed E-state index contributed by atoms with van der Waals surface area (Å²) >= 11 is 5.90. The van der Waals surface area contributed by atoms with E-state index in [2.05, 4.69) is 11.4 Å². The Balaban J connectivity index is 2.19. The predicted molar refractivity (Wildman–Crippen MR) is 76.9 cm³/mol. The minimum Gasteiger partial charge on any atom is -0.478 e. The molecular weight excluding hydrogens is 262 g/mol. The Hall–Kier alpha value is -2.00. The summed E-state index contributed by atoms with van der Waals surface area (Å²) in [6.07, 6.45) is 0. The first-order chi connectivity index (χ1) is 9.06. The van der Waals surface area contributed by atoms with Gasteiger partial charge in [-0.2, -0.15) is 0 Å². The molecule has 4 heteroatoms. The van der Waals surface area contributed by atoms with Crippen molar-refractivity contribution in [2.75, 3.05) is 5.32 Å². The highest BCUT2D eigenvalue weighted by atomic mass is 35.5. The summed E-state index contributed by atoms with van der Waals surface area (Å²) in [6.45, 7) is 2.58. The third-order valence-electron chi connectivity index (χ3n) is 2.78. The van der Waals surface area contributed by atoms with Crippen molar-refractivity contribution in [3.63, 3.8) is 0 Å². The normalized spacial score (nSPS) is 10.2. The molecule has 0 unspecified atom stereocenters. The van der Waals surface area contributed by atoms with Crippen molar-refractivity contribution in [3.05, 3.63) is 64.2 Å². The lowest BCUT2D eigenvalue weighted by Crippen LogP contribution is -2.06. The van der Waals surface area contributed by atoms with E-state index in [9.17, 15) is 4.79 Å². The first-order valence-corrected chi connectivity index (χ1v) is 6.26. The zero-order valence-electron chi connectivity index (χ0n) is 10.5. The average Bonchev–Trinajstić information content (AvgIpc) is 2.36. The summed E-state index contributed by atoms with van der Waals surface area (Å²) in [5.41, 5.74) is 3.01. The van der Waals surface area contributed by atoms with Gasteiger partial charge in [0.25, 0.3) is 0 Å². The number of aromatic carboxylic acids is 1. The summed E-state index contributed by atoms with van der Waals surface area (Å²) in [6, 6.07) is 12.7. The Morgan fingerprint density at radius 2 is 2.05 bits per heavy atom. The first kappa shape index (κ1) is 13.4. The van der Waals surface area contributed by atoms with E-state index in [1.165, 1.54) is 11.6 Å². The third-order valence-corrected chi connectivity index (χ3v) is 3.01. The van der Waals surface area contributed by atoms with Gasteiger partial charge >= 0.3 is 5.97 Å². The highest BCUT2D eigenvalue weighted by Crippen LogP contribution is 2.22. The molecule has 2 aromatic rings. The van der Waals surface area contributed by atoms with E-state index in [-0.39, 0.29) is 5.56 Å². The monoisotopic (exact) mass is 275 g/mol. The van der Waals surface area contributed by atoms with Gasteiger partial charge in [0.2, 0.25) is 0 Å². The van der Waals surface area contributed by atoms with Crippen LogP contribution in [0, 0.1) is 6.92 Å². The van der Waals surface area contributed by atoms with Crippen molar-refractivity contribution in [1.82, 2.24) is 0 Å². The van der Waals surface area contributed by atoms with Gasteiger partial charge in [0.1, 0.15) is 0 Å². The maximum Gasteiger partial charge on any atom is 0.337 e. The van der Waals surface area contributed by atoms with E-state index in [1.807, 2.05) is 25.1 Å². The van der Waals surface area contributed by atoms with Gasteiger partial charge in [0.15, 0.2) is 0 Å². The van der Waals surface area contributed by atoms with Crippen LogP contribution in [0.1, 0.15) is 21.5 Å². The molecule has 0 saturated heterocycles. The number of benzene rings is 2. The molecule has 0 aliphatic carbocycles. The van der Waals surface area contributed by atoms with Crippen LogP contribution < -0.4 is 5.32 Å². The molecule has 0 bridgehead atoms. The van der Waals surface area contributed by atoms with E-state index < -0.39 is 5.97 Å². The Labute approximate surface area is 116 Å². The number of rotatable bonds is 4. The maximum absolute atomic E-state index is 11.1. The summed E-state index contributed by atoms with van der Waals surface area (Å²) in [5.74, 6) is -0.969. The molecule has 0 atom stereocenters. The van der Waals surface area contributed by atoms with Crippen LogP contribution in [0.4, 0.5) is 5.69 Å². The van der Waals surface area contributed by atoms with Gasteiger partial charge < -0.3 is 10.4 Å². The number of anilines is 1. The van der Waals surface area contributed by atoms with Crippen LogP contribution in [0.15, 0.2) is 42.5 Å². The van der Waals surface area contributed by atoms with Crippen molar-refractivity contribution < 1.29 is 9.90 Å². The second kappa shape index (κ2) is 5.76. The van der Waals surface area contributed by atoms with Crippen molar-refractivity contribution in [1.29, 1.82) is 0 Å². The highest BCUT2D eigenvalue weighted by Gasteiger charge is 2.10. The zero-order chi connectivity index (χ0) is 13.8. The molecule has 98 valence electrons. The van der Waals surface area contributed by atoms with Crippen LogP contribution >= 0.6 is 11.6 Å². The molecule has 0 spiro atoms. The van der Waals surface area contributed by atoms with Gasteiger partial charge in [-0.05, 0) is 30.7 Å². The lowest BCUT2D eigenvalue weighted by atomic mass is 10.1. The van der Waals surface area contributed by atoms with Crippen molar-refractivity contribution in [2.45, 2.75) is 13.5 Å².